The summed E-state index contributed by atoms with van der Waals surface area (Å²) in [5.41, 5.74) is 1.45. The monoisotopic (exact) mass is 292 g/mol. The Morgan fingerprint density at radius 1 is 1.24 bits per heavy atom. The molecule has 2 rings (SSSR count). The molecule has 0 radical (unpaired) electrons. The summed E-state index contributed by atoms with van der Waals surface area (Å²) in [6.45, 7) is 13.1. The molecule has 1 amide bonds. The van der Waals surface area contributed by atoms with Gasteiger partial charge in [-0.25, -0.2) is 0 Å². The van der Waals surface area contributed by atoms with E-state index in [2.05, 4.69) is 44.0 Å². The average molecular weight is 292 g/mol. The second-order valence-corrected chi connectivity index (χ2v) is 7.62. The summed E-state index contributed by atoms with van der Waals surface area (Å²) in [7, 11) is 0. The molecule has 1 N–H and O–H groups in total. The topological polar surface area (TPSA) is 32.3 Å². The van der Waals surface area contributed by atoms with Crippen LogP contribution in [-0.2, 0) is 4.79 Å². The zero-order valence-corrected chi connectivity index (χ0v) is 14.2. The Kier molecular flexibility index (Phi) is 5.48. The van der Waals surface area contributed by atoms with Crippen LogP contribution in [0.15, 0.2) is 11.6 Å². The van der Waals surface area contributed by atoms with Crippen LogP contribution < -0.4 is 5.32 Å². The van der Waals surface area contributed by atoms with E-state index in [-0.39, 0.29) is 17.2 Å². The Morgan fingerprint density at radius 3 is 2.52 bits per heavy atom. The van der Waals surface area contributed by atoms with E-state index in [9.17, 15) is 4.79 Å². The third-order valence-electron chi connectivity index (χ3n) is 5.11. The van der Waals surface area contributed by atoms with Crippen molar-refractivity contribution in [3.05, 3.63) is 11.6 Å². The first kappa shape index (κ1) is 16.5. The van der Waals surface area contributed by atoms with Crippen molar-refractivity contribution in [2.75, 3.05) is 26.2 Å². The normalized spacial score (nSPS) is 28.0. The van der Waals surface area contributed by atoms with Crippen LogP contribution >= 0.6 is 0 Å². The molecule has 3 heteroatoms. The largest absolute Gasteiger partial charge is 0.356 e. The van der Waals surface area contributed by atoms with Gasteiger partial charge in [0.1, 0.15) is 0 Å². The van der Waals surface area contributed by atoms with Crippen molar-refractivity contribution >= 4 is 5.91 Å². The van der Waals surface area contributed by atoms with Gasteiger partial charge in [-0.2, -0.15) is 0 Å². The van der Waals surface area contributed by atoms with Gasteiger partial charge < -0.3 is 10.2 Å². The van der Waals surface area contributed by atoms with E-state index in [1.807, 2.05) is 0 Å². The van der Waals surface area contributed by atoms with Crippen LogP contribution in [0, 0.1) is 17.3 Å². The van der Waals surface area contributed by atoms with Crippen LogP contribution in [0.2, 0.25) is 0 Å². The highest BCUT2D eigenvalue weighted by Crippen LogP contribution is 2.59. The molecule has 2 fully saturated rings. The number of allylic oxidation sites excluding steroid dienone is 2. The van der Waals surface area contributed by atoms with Crippen molar-refractivity contribution in [3.63, 3.8) is 0 Å². The number of hydrogen-bond donors (Lipinski definition) is 1. The van der Waals surface area contributed by atoms with Gasteiger partial charge in [-0.3, -0.25) is 4.79 Å². The molecule has 0 bridgehead atoms. The number of hydrogen-bond acceptors (Lipinski definition) is 2. The van der Waals surface area contributed by atoms with Crippen LogP contribution in [0.25, 0.3) is 0 Å². The van der Waals surface area contributed by atoms with Crippen molar-refractivity contribution in [2.24, 2.45) is 17.3 Å². The number of rotatable bonds is 6. The smallest absolute Gasteiger partial charge is 0.224 e. The van der Waals surface area contributed by atoms with Crippen LogP contribution in [0.4, 0.5) is 0 Å². The van der Waals surface area contributed by atoms with Crippen LogP contribution in [0.3, 0.4) is 0 Å². The van der Waals surface area contributed by atoms with Crippen molar-refractivity contribution in [1.82, 2.24) is 10.2 Å². The lowest BCUT2D eigenvalue weighted by Crippen LogP contribution is -2.34. The summed E-state index contributed by atoms with van der Waals surface area (Å²) in [5, 5.41) is 3.15. The molecule has 2 aliphatic rings. The van der Waals surface area contributed by atoms with Gasteiger partial charge in [0.2, 0.25) is 5.91 Å². The number of carbonyl (C=O) groups is 1. The molecular weight excluding hydrogens is 260 g/mol. The predicted molar refractivity (Wildman–Crippen MR) is 88.1 cm³/mol. The van der Waals surface area contributed by atoms with Crippen molar-refractivity contribution < 1.29 is 4.79 Å². The maximum absolute atomic E-state index is 12.3. The van der Waals surface area contributed by atoms with Gasteiger partial charge >= 0.3 is 0 Å². The lowest BCUT2D eigenvalue weighted by atomic mass is 10.1. The fourth-order valence-corrected chi connectivity index (χ4v) is 3.66. The average Bonchev–Trinajstić information content (AvgIpc) is 2.96. The van der Waals surface area contributed by atoms with Gasteiger partial charge in [0.25, 0.3) is 0 Å². The predicted octanol–water partition coefficient (Wildman–Crippen LogP) is 3.22. The lowest BCUT2D eigenvalue weighted by Gasteiger charge is -2.26. The minimum Gasteiger partial charge on any atom is -0.356 e. The highest BCUT2D eigenvalue weighted by atomic mass is 16.2. The first-order chi connectivity index (χ1) is 9.93. The van der Waals surface area contributed by atoms with Gasteiger partial charge in [0, 0.05) is 6.54 Å². The summed E-state index contributed by atoms with van der Waals surface area (Å²) in [6.07, 6.45) is 7.40. The van der Waals surface area contributed by atoms with Crippen molar-refractivity contribution in [3.8, 4) is 0 Å². The number of nitrogens with one attached hydrogen (secondary N) is 1. The minimum atomic E-state index is 0.133. The standard InChI is InChI=1S/C18H32N2O/c1-14(2)13-15-16(18(15,3)4)17(21)19-9-8-12-20-10-6-5-7-11-20/h13,15-16H,5-12H2,1-4H3,(H,19,21). The van der Waals surface area contributed by atoms with E-state index in [1.54, 1.807) is 0 Å². The van der Waals surface area contributed by atoms with Gasteiger partial charge in [-0.05, 0) is 64.1 Å². The highest BCUT2D eigenvalue weighted by molar-refractivity contribution is 5.83. The SMILES string of the molecule is CC(C)=CC1C(C(=O)NCCCN2CCCCC2)C1(C)C. The third kappa shape index (κ3) is 4.32. The Morgan fingerprint density at radius 2 is 1.90 bits per heavy atom. The third-order valence-corrected chi connectivity index (χ3v) is 5.11. The molecule has 2 unspecified atom stereocenters. The van der Waals surface area contributed by atoms with E-state index in [1.165, 1.54) is 37.9 Å². The summed E-state index contributed by atoms with van der Waals surface area (Å²) in [6, 6.07) is 0. The number of piperidine rings is 1. The summed E-state index contributed by atoms with van der Waals surface area (Å²) >= 11 is 0. The first-order valence-corrected chi connectivity index (χ1v) is 8.58. The van der Waals surface area contributed by atoms with Crippen LogP contribution in [-0.4, -0.2) is 37.0 Å². The summed E-state index contributed by atoms with van der Waals surface area (Å²) in [4.78, 5) is 14.8. The van der Waals surface area contributed by atoms with Gasteiger partial charge in [0.05, 0.1) is 5.92 Å². The maximum atomic E-state index is 12.3. The van der Waals surface area contributed by atoms with Gasteiger partial charge in [-0.15, -0.1) is 0 Å². The molecule has 1 saturated heterocycles. The molecule has 2 atom stereocenters. The molecule has 1 aliphatic carbocycles. The van der Waals surface area contributed by atoms with E-state index in [0.717, 1.165) is 19.5 Å². The Balaban J connectivity index is 1.67. The molecule has 0 aromatic heterocycles. The molecule has 1 saturated carbocycles. The number of likely N-dealkylation sites (tertiary alicyclic amines) is 1. The second-order valence-electron chi connectivity index (χ2n) is 7.62. The van der Waals surface area contributed by atoms with E-state index >= 15 is 0 Å². The second kappa shape index (κ2) is 6.95. The molecule has 0 spiro atoms. The molecule has 3 nitrogen and oxygen atoms in total. The molecule has 0 aromatic carbocycles. The number of nitrogens with zero attached hydrogens (tertiary/aromatic N) is 1. The fourth-order valence-electron chi connectivity index (χ4n) is 3.66. The molecule has 120 valence electrons. The molecule has 0 aromatic rings. The number of carbonyl (C=O) groups excluding carboxylic acids is 1. The quantitative estimate of drug-likeness (QED) is 0.602. The van der Waals surface area contributed by atoms with Crippen LogP contribution in [0.1, 0.15) is 53.4 Å². The zero-order valence-electron chi connectivity index (χ0n) is 14.2. The highest BCUT2D eigenvalue weighted by Gasteiger charge is 2.60. The summed E-state index contributed by atoms with van der Waals surface area (Å²) < 4.78 is 0. The van der Waals surface area contributed by atoms with Crippen molar-refractivity contribution in [1.29, 1.82) is 0 Å². The molecule has 1 heterocycles. The molecule has 21 heavy (non-hydrogen) atoms. The summed E-state index contributed by atoms with van der Waals surface area (Å²) in [5.74, 6) is 0.841. The maximum Gasteiger partial charge on any atom is 0.224 e. The van der Waals surface area contributed by atoms with E-state index in [0.29, 0.717) is 5.92 Å². The zero-order chi connectivity index (χ0) is 15.5. The minimum absolute atomic E-state index is 0.133. The van der Waals surface area contributed by atoms with Crippen molar-refractivity contribution in [2.45, 2.75) is 53.4 Å². The Labute approximate surface area is 130 Å². The number of amides is 1. The molecule has 1 aliphatic heterocycles. The van der Waals surface area contributed by atoms with Gasteiger partial charge in [0.15, 0.2) is 0 Å². The molecular formula is C18H32N2O. The van der Waals surface area contributed by atoms with Gasteiger partial charge in [-0.1, -0.05) is 31.9 Å². The van der Waals surface area contributed by atoms with Crippen LogP contribution in [0.5, 0.6) is 0 Å². The Bertz CT molecular complexity index is 390. The first-order valence-electron chi connectivity index (χ1n) is 8.58. The lowest BCUT2D eigenvalue weighted by molar-refractivity contribution is -0.123. The van der Waals surface area contributed by atoms with E-state index in [4.69, 9.17) is 0 Å². The van der Waals surface area contributed by atoms with E-state index < -0.39 is 0 Å². The fraction of sp³-hybridized carbons (Fsp3) is 0.833. The Hall–Kier alpha value is -0.830.